The van der Waals surface area contributed by atoms with Crippen molar-refractivity contribution in [2.24, 2.45) is 0 Å². The normalized spacial score (nSPS) is 10.5. The van der Waals surface area contributed by atoms with Gasteiger partial charge in [0.15, 0.2) is 0 Å². The summed E-state index contributed by atoms with van der Waals surface area (Å²) in [6, 6.07) is 15.2. The minimum absolute atomic E-state index is 0.234. The van der Waals surface area contributed by atoms with Crippen LogP contribution in [0.5, 0.6) is 0 Å². The van der Waals surface area contributed by atoms with E-state index in [1.807, 2.05) is 49.4 Å². The van der Waals surface area contributed by atoms with Gasteiger partial charge in [0.1, 0.15) is 5.69 Å². The van der Waals surface area contributed by atoms with Crippen molar-refractivity contribution in [1.29, 1.82) is 0 Å². The fraction of sp³-hybridized carbons (Fsp3) is 0.190. The molecule has 2 N–H and O–H groups in total. The number of nitrogens with zero attached hydrogens (tertiary/aromatic N) is 2. The Morgan fingerprint density at radius 2 is 1.93 bits per heavy atom. The molecule has 1 heterocycles. The van der Waals surface area contributed by atoms with Gasteiger partial charge in [-0.05, 0) is 67.3 Å². The van der Waals surface area contributed by atoms with Crippen molar-refractivity contribution in [3.05, 3.63) is 82.1 Å². The average molecular weight is 381 g/mol. The Morgan fingerprint density at radius 1 is 1.07 bits per heavy atom. The second-order valence-corrected chi connectivity index (χ2v) is 6.76. The molecule has 3 rings (SSSR count). The van der Waals surface area contributed by atoms with Gasteiger partial charge in [-0.25, -0.2) is 9.97 Å². The molecule has 5 nitrogen and oxygen atoms in total. The summed E-state index contributed by atoms with van der Waals surface area (Å²) in [6.45, 7) is 4.61. The molecule has 0 atom stereocenters. The molecule has 0 aliphatic rings. The van der Waals surface area contributed by atoms with Crippen LogP contribution in [-0.2, 0) is 6.42 Å². The number of rotatable bonds is 6. The molecule has 0 unspecified atom stereocenters. The topological polar surface area (TPSA) is 66.9 Å². The SMILES string of the molecule is Cc1ccc(Nc2nccc(C(=O)NCCc3cccc(Cl)c3)n2)cc1C. The van der Waals surface area contributed by atoms with E-state index in [1.165, 1.54) is 11.1 Å². The van der Waals surface area contributed by atoms with Gasteiger partial charge < -0.3 is 10.6 Å². The maximum atomic E-state index is 12.4. The van der Waals surface area contributed by atoms with E-state index < -0.39 is 0 Å². The van der Waals surface area contributed by atoms with Crippen molar-refractivity contribution in [1.82, 2.24) is 15.3 Å². The van der Waals surface area contributed by atoms with Gasteiger partial charge in [0, 0.05) is 23.5 Å². The van der Waals surface area contributed by atoms with Crippen LogP contribution in [0, 0.1) is 13.8 Å². The number of halogens is 1. The third-order valence-electron chi connectivity index (χ3n) is 4.24. The number of amides is 1. The van der Waals surface area contributed by atoms with Gasteiger partial charge >= 0.3 is 0 Å². The zero-order valence-corrected chi connectivity index (χ0v) is 16.0. The first-order valence-electron chi connectivity index (χ1n) is 8.71. The minimum Gasteiger partial charge on any atom is -0.350 e. The second kappa shape index (κ2) is 8.64. The third-order valence-corrected chi connectivity index (χ3v) is 4.47. The summed E-state index contributed by atoms with van der Waals surface area (Å²) in [5.74, 6) is 0.156. The highest BCUT2D eigenvalue weighted by molar-refractivity contribution is 6.30. The lowest BCUT2D eigenvalue weighted by molar-refractivity contribution is 0.0949. The molecule has 138 valence electrons. The summed E-state index contributed by atoms with van der Waals surface area (Å²) < 4.78 is 0. The van der Waals surface area contributed by atoms with Crippen LogP contribution in [0.25, 0.3) is 0 Å². The Bertz CT molecular complexity index is 958. The van der Waals surface area contributed by atoms with Crippen molar-refractivity contribution >= 4 is 29.1 Å². The molecular weight excluding hydrogens is 360 g/mol. The van der Waals surface area contributed by atoms with E-state index in [0.29, 0.717) is 29.6 Å². The van der Waals surface area contributed by atoms with Crippen molar-refractivity contribution in [2.45, 2.75) is 20.3 Å². The quantitative estimate of drug-likeness (QED) is 0.662. The fourth-order valence-corrected chi connectivity index (χ4v) is 2.81. The van der Waals surface area contributed by atoms with E-state index >= 15 is 0 Å². The Morgan fingerprint density at radius 3 is 2.70 bits per heavy atom. The van der Waals surface area contributed by atoms with Crippen LogP contribution >= 0.6 is 11.6 Å². The van der Waals surface area contributed by atoms with E-state index in [-0.39, 0.29) is 5.91 Å². The Kier molecular flexibility index (Phi) is 6.04. The largest absolute Gasteiger partial charge is 0.350 e. The maximum Gasteiger partial charge on any atom is 0.270 e. The van der Waals surface area contributed by atoms with Crippen LogP contribution in [0.15, 0.2) is 54.7 Å². The number of aromatic nitrogens is 2. The van der Waals surface area contributed by atoms with Crippen LogP contribution in [-0.4, -0.2) is 22.4 Å². The molecule has 3 aromatic rings. The molecule has 0 fully saturated rings. The first-order valence-corrected chi connectivity index (χ1v) is 9.09. The average Bonchev–Trinajstić information content (AvgIpc) is 2.65. The molecule has 0 aliphatic carbocycles. The van der Waals surface area contributed by atoms with Crippen molar-refractivity contribution in [3.8, 4) is 0 Å². The van der Waals surface area contributed by atoms with E-state index in [9.17, 15) is 4.79 Å². The van der Waals surface area contributed by atoms with Crippen LogP contribution < -0.4 is 10.6 Å². The summed E-state index contributed by atoms with van der Waals surface area (Å²) in [7, 11) is 0. The predicted octanol–water partition coefficient (Wildman–Crippen LogP) is 4.46. The van der Waals surface area contributed by atoms with Gasteiger partial charge in [0.2, 0.25) is 5.95 Å². The first kappa shape index (κ1) is 18.9. The summed E-state index contributed by atoms with van der Waals surface area (Å²) in [6.07, 6.45) is 2.27. The molecular formula is C21H21ClN4O. The Balaban J connectivity index is 1.60. The zero-order chi connectivity index (χ0) is 19.2. The van der Waals surface area contributed by atoms with E-state index in [2.05, 4.69) is 27.5 Å². The monoisotopic (exact) mass is 380 g/mol. The van der Waals surface area contributed by atoms with Crippen molar-refractivity contribution in [3.63, 3.8) is 0 Å². The molecule has 1 amide bonds. The van der Waals surface area contributed by atoms with E-state index in [4.69, 9.17) is 11.6 Å². The maximum absolute atomic E-state index is 12.4. The van der Waals surface area contributed by atoms with Crippen LogP contribution in [0.1, 0.15) is 27.2 Å². The molecule has 0 saturated carbocycles. The number of nitrogens with one attached hydrogen (secondary N) is 2. The molecule has 1 aromatic heterocycles. The minimum atomic E-state index is -0.234. The van der Waals surface area contributed by atoms with Crippen LogP contribution in [0.2, 0.25) is 5.02 Å². The highest BCUT2D eigenvalue weighted by Gasteiger charge is 2.09. The third kappa shape index (κ3) is 5.28. The van der Waals surface area contributed by atoms with E-state index in [0.717, 1.165) is 11.3 Å². The molecule has 6 heteroatoms. The standard InChI is InChI=1S/C21H21ClN4O/c1-14-6-7-18(12-15(14)2)25-21-24-11-9-19(26-21)20(27)23-10-8-16-4-3-5-17(22)13-16/h3-7,9,11-13H,8,10H2,1-2H3,(H,23,27)(H,24,25,26). The summed E-state index contributed by atoms with van der Waals surface area (Å²) in [5.41, 5.74) is 4.67. The summed E-state index contributed by atoms with van der Waals surface area (Å²) in [5, 5.41) is 6.70. The molecule has 0 aliphatic heterocycles. The van der Waals surface area contributed by atoms with Crippen molar-refractivity contribution in [2.75, 3.05) is 11.9 Å². The van der Waals surface area contributed by atoms with Crippen LogP contribution in [0.4, 0.5) is 11.6 Å². The Hall–Kier alpha value is -2.92. The summed E-state index contributed by atoms with van der Waals surface area (Å²) in [4.78, 5) is 20.8. The highest BCUT2D eigenvalue weighted by Crippen LogP contribution is 2.17. The zero-order valence-electron chi connectivity index (χ0n) is 15.3. The number of carbonyl (C=O) groups excluding carboxylic acids is 1. The molecule has 0 bridgehead atoms. The number of hydrogen-bond acceptors (Lipinski definition) is 4. The number of benzene rings is 2. The van der Waals surface area contributed by atoms with E-state index in [1.54, 1.807) is 12.3 Å². The number of anilines is 2. The second-order valence-electron chi connectivity index (χ2n) is 6.33. The lowest BCUT2D eigenvalue weighted by Gasteiger charge is -2.09. The number of aryl methyl sites for hydroxylation is 2. The fourth-order valence-electron chi connectivity index (χ4n) is 2.60. The van der Waals surface area contributed by atoms with Gasteiger partial charge in [0.05, 0.1) is 0 Å². The van der Waals surface area contributed by atoms with Crippen LogP contribution in [0.3, 0.4) is 0 Å². The van der Waals surface area contributed by atoms with Gasteiger partial charge in [0.25, 0.3) is 5.91 Å². The first-order chi connectivity index (χ1) is 13.0. The lowest BCUT2D eigenvalue weighted by Crippen LogP contribution is -2.26. The molecule has 0 spiro atoms. The Labute approximate surface area is 163 Å². The molecule has 0 saturated heterocycles. The molecule has 0 radical (unpaired) electrons. The molecule has 27 heavy (non-hydrogen) atoms. The predicted molar refractivity (Wildman–Crippen MR) is 109 cm³/mol. The van der Waals surface area contributed by atoms with Gasteiger partial charge in [-0.15, -0.1) is 0 Å². The van der Waals surface area contributed by atoms with Gasteiger partial charge in [-0.2, -0.15) is 0 Å². The van der Waals surface area contributed by atoms with Crippen molar-refractivity contribution < 1.29 is 4.79 Å². The number of carbonyl (C=O) groups is 1. The summed E-state index contributed by atoms with van der Waals surface area (Å²) >= 11 is 5.97. The van der Waals surface area contributed by atoms with Gasteiger partial charge in [-0.1, -0.05) is 29.8 Å². The highest BCUT2D eigenvalue weighted by atomic mass is 35.5. The molecule has 2 aromatic carbocycles. The number of hydrogen-bond donors (Lipinski definition) is 2. The smallest absolute Gasteiger partial charge is 0.270 e. The van der Waals surface area contributed by atoms with Gasteiger partial charge in [-0.3, -0.25) is 4.79 Å². The lowest BCUT2D eigenvalue weighted by atomic mass is 10.1.